The number of hydrogen-bond acceptors (Lipinski definition) is 23. The molecule has 0 radical (unpaired) electrons. The Morgan fingerprint density at radius 3 is 1.56 bits per heavy atom. The number of hydrogen-bond donors (Lipinski definition) is 0. The average molecular weight is 1140 g/mol. The summed E-state index contributed by atoms with van der Waals surface area (Å²) in [4.78, 5) is 114. The second-order valence-corrected chi connectivity index (χ2v) is 23.5. The minimum Gasteiger partial charge on any atom is -0.494 e. The standard InChI is InChI=1S/C57H82O23/c1-26(23-67-28(3)58)14-17-41-27(2)47-43(76-41)21-40-38-16-15-37-20-42(44(70-31(6)61)22-57(37,13)39(38)18-19-56(40,47)12)77-54-53(51(74-35(10)65)49(72-33(8)63)45(78-54)24-68-29(4)59)80-55-52(75-36(11)66)50(73-34(9)64)48(71-32(7)62)46(79-55)25-69-30(5)60/h26,37-40,42-55H,14-25H2,1-13H3/t26-,37+,38+,39-,40-,42+,43-,44-,45+,46+,47-,48+,49-,50-,51-,52+,53+,54+,55-,56-,57-/m0/s1. The highest BCUT2D eigenvalue weighted by Gasteiger charge is 2.66. The zero-order valence-electron chi connectivity index (χ0n) is 48.3. The molecular weight excluding hydrogens is 1050 g/mol. The zero-order chi connectivity index (χ0) is 58.7. The van der Waals surface area contributed by atoms with Gasteiger partial charge in [-0.05, 0) is 104 Å². The first-order valence-electron chi connectivity index (χ1n) is 28.0. The number of carbonyl (C=O) groups excluding carboxylic acids is 9. The SMILES string of the molecule is CC(=O)OC[C@@H](C)CCC1=C(C)[C@H]2[C@H](C[C@H]3[C@@H]4CC[C@@H]5C[C@@H](O[C@@H]6O[C@H](COC(C)=O)[C@H](OC(C)=O)[C@H](OC(C)=O)[C@H]6O[C@@H]6O[C@H](COC(C)=O)[C@@H](OC(C)=O)[C@H](OC(C)=O)[C@H]6OC(C)=O)[C@@H](OC(C)=O)C[C@]5(C)[C@H]4CC[C@@]32C)O1. The van der Waals surface area contributed by atoms with E-state index in [1.54, 1.807) is 0 Å². The van der Waals surface area contributed by atoms with Crippen LogP contribution in [-0.4, -0.2) is 153 Å². The highest BCUT2D eigenvalue weighted by molar-refractivity contribution is 5.70. The summed E-state index contributed by atoms with van der Waals surface area (Å²) in [5.74, 6) is -4.21. The molecule has 7 aliphatic rings. The van der Waals surface area contributed by atoms with Crippen LogP contribution in [0.15, 0.2) is 11.3 Å². The van der Waals surface area contributed by atoms with Gasteiger partial charge in [0.25, 0.3) is 0 Å². The fraction of sp³-hybridized carbons (Fsp3) is 0.807. The number of carbonyl (C=O) groups is 9. The third kappa shape index (κ3) is 14.1. The van der Waals surface area contributed by atoms with Crippen LogP contribution in [0.4, 0.5) is 0 Å². The van der Waals surface area contributed by atoms with E-state index in [9.17, 15) is 43.2 Å². The Morgan fingerprint density at radius 2 is 1.04 bits per heavy atom. The highest BCUT2D eigenvalue weighted by Crippen LogP contribution is 2.70. The molecule has 2 saturated heterocycles. The second kappa shape index (κ2) is 25.8. The van der Waals surface area contributed by atoms with Crippen molar-refractivity contribution < 1.29 is 109 Å². The van der Waals surface area contributed by atoms with Gasteiger partial charge in [-0.3, -0.25) is 43.2 Å². The first-order valence-corrected chi connectivity index (χ1v) is 28.0. The van der Waals surface area contributed by atoms with Crippen LogP contribution in [-0.2, 0) is 109 Å². The van der Waals surface area contributed by atoms with E-state index >= 15 is 0 Å². The lowest BCUT2D eigenvalue weighted by Gasteiger charge is -2.62. The molecule has 7 rings (SSSR count). The topological polar surface area (TPSA) is 283 Å². The van der Waals surface area contributed by atoms with Crippen molar-refractivity contribution in [2.75, 3.05) is 19.8 Å². The molecule has 0 aromatic heterocycles. The maximum atomic E-state index is 13.2. The number of fused-ring (bicyclic) bond motifs is 7. The van der Waals surface area contributed by atoms with Gasteiger partial charge in [-0.2, -0.15) is 0 Å². The van der Waals surface area contributed by atoms with E-state index in [2.05, 4.69) is 27.7 Å². The fourth-order valence-electron chi connectivity index (χ4n) is 14.8. The van der Waals surface area contributed by atoms with E-state index in [1.807, 2.05) is 0 Å². The molecule has 0 amide bonds. The molecular formula is C57H82O23. The molecule has 80 heavy (non-hydrogen) atoms. The molecule has 0 spiro atoms. The lowest BCUT2D eigenvalue weighted by atomic mass is 9.44. The number of esters is 9. The number of ether oxygens (including phenoxy) is 14. The molecule has 0 aromatic carbocycles. The van der Waals surface area contributed by atoms with Gasteiger partial charge in [-0.1, -0.05) is 20.8 Å². The molecule has 0 bridgehead atoms. The second-order valence-electron chi connectivity index (χ2n) is 23.5. The lowest BCUT2D eigenvalue weighted by molar-refractivity contribution is -0.377. The minimum absolute atomic E-state index is 0.00873. The van der Waals surface area contributed by atoms with E-state index in [4.69, 9.17) is 66.3 Å². The molecule has 21 atom stereocenters. The summed E-state index contributed by atoms with van der Waals surface area (Å²) in [7, 11) is 0. The summed E-state index contributed by atoms with van der Waals surface area (Å²) >= 11 is 0. The van der Waals surface area contributed by atoms with E-state index in [0.717, 1.165) is 99.2 Å². The number of rotatable bonds is 19. The summed E-state index contributed by atoms with van der Waals surface area (Å²) in [5.41, 5.74) is 0.999. The Kier molecular flexibility index (Phi) is 20.1. The average Bonchev–Trinajstić information content (AvgIpc) is 4.07. The first kappa shape index (κ1) is 62.2. The predicted molar refractivity (Wildman–Crippen MR) is 272 cm³/mol. The third-order valence-corrected chi connectivity index (χ3v) is 17.8. The third-order valence-electron chi connectivity index (χ3n) is 17.8. The Hall–Kier alpha value is -5.39. The Bertz CT molecular complexity index is 2370. The van der Waals surface area contributed by atoms with Crippen LogP contribution in [0.2, 0.25) is 0 Å². The van der Waals surface area contributed by atoms with Crippen molar-refractivity contribution in [1.82, 2.24) is 0 Å². The van der Waals surface area contributed by atoms with Gasteiger partial charge in [0.05, 0.1) is 18.5 Å². The Balaban J connectivity index is 1.22. The molecule has 6 fully saturated rings. The summed E-state index contributed by atoms with van der Waals surface area (Å²) in [6.07, 6.45) is -11.1. The van der Waals surface area contributed by atoms with Crippen molar-refractivity contribution in [1.29, 1.82) is 0 Å². The van der Waals surface area contributed by atoms with Gasteiger partial charge in [0.2, 0.25) is 0 Å². The van der Waals surface area contributed by atoms with Crippen LogP contribution in [0, 0.1) is 46.3 Å². The monoisotopic (exact) mass is 1130 g/mol. The maximum absolute atomic E-state index is 13.2. The molecule has 3 heterocycles. The van der Waals surface area contributed by atoms with E-state index in [0.29, 0.717) is 31.3 Å². The van der Waals surface area contributed by atoms with E-state index in [-0.39, 0.29) is 46.6 Å². The highest BCUT2D eigenvalue weighted by atomic mass is 16.8. The maximum Gasteiger partial charge on any atom is 0.303 e. The minimum atomic E-state index is -1.88. The van der Waals surface area contributed by atoms with Crippen molar-refractivity contribution in [2.45, 2.75) is 228 Å². The van der Waals surface area contributed by atoms with Crippen LogP contribution >= 0.6 is 0 Å². The van der Waals surface area contributed by atoms with Gasteiger partial charge in [0.15, 0.2) is 49.2 Å². The summed E-state index contributed by atoms with van der Waals surface area (Å²) < 4.78 is 84.3. The smallest absolute Gasteiger partial charge is 0.303 e. The fourth-order valence-corrected chi connectivity index (χ4v) is 14.8. The van der Waals surface area contributed by atoms with Crippen LogP contribution in [0.3, 0.4) is 0 Å². The zero-order valence-corrected chi connectivity index (χ0v) is 48.3. The molecule has 0 aromatic rings. The lowest BCUT2D eigenvalue weighted by Crippen LogP contribution is -2.68. The van der Waals surface area contributed by atoms with Gasteiger partial charge in [0.1, 0.15) is 37.6 Å². The largest absolute Gasteiger partial charge is 0.494 e. The molecule has 4 saturated carbocycles. The van der Waals surface area contributed by atoms with Crippen molar-refractivity contribution in [3.63, 3.8) is 0 Å². The summed E-state index contributed by atoms with van der Waals surface area (Å²) in [6, 6.07) is 0. The van der Waals surface area contributed by atoms with Crippen LogP contribution < -0.4 is 0 Å². The molecule has 448 valence electrons. The Labute approximate surface area is 466 Å². The van der Waals surface area contributed by atoms with Crippen LogP contribution in [0.1, 0.15) is 148 Å². The first-order chi connectivity index (χ1) is 37.6. The normalized spacial score (nSPS) is 38.3. The van der Waals surface area contributed by atoms with Gasteiger partial charge >= 0.3 is 53.7 Å². The quantitative estimate of drug-likeness (QED) is 0.0882. The molecule has 23 nitrogen and oxygen atoms in total. The van der Waals surface area contributed by atoms with Crippen LogP contribution in [0.5, 0.6) is 0 Å². The van der Waals surface area contributed by atoms with Crippen molar-refractivity contribution in [3.05, 3.63) is 11.3 Å². The molecule has 0 N–H and O–H groups in total. The summed E-state index contributed by atoms with van der Waals surface area (Å²) in [6.45, 7) is 18.6. The van der Waals surface area contributed by atoms with Crippen LogP contribution in [0.25, 0.3) is 0 Å². The van der Waals surface area contributed by atoms with E-state index in [1.165, 1.54) is 19.4 Å². The molecule has 3 aliphatic heterocycles. The van der Waals surface area contributed by atoms with Crippen molar-refractivity contribution >= 4 is 53.7 Å². The summed E-state index contributed by atoms with van der Waals surface area (Å²) in [5, 5.41) is 0. The van der Waals surface area contributed by atoms with Gasteiger partial charge in [0, 0.05) is 74.7 Å². The predicted octanol–water partition coefficient (Wildman–Crippen LogP) is 5.45. The number of allylic oxidation sites excluding steroid dienone is 1. The van der Waals surface area contributed by atoms with Gasteiger partial charge < -0.3 is 66.3 Å². The van der Waals surface area contributed by atoms with Gasteiger partial charge in [-0.15, -0.1) is 0 Å². The molecule has 0 unspecified atom stereocenters. The Morgan fingerprint density at radius 1 is 0.537 bits per heavy atom. The van der Waals surface area contributed by atoms with Gasteiger partial charge in [-0.25, -0.2) is 0 Å². The van der Waals surface area contributed by atoms with E-state index < -0.39 is 135 Å². The van der Waals surface area contributed by atoms with Crippen molar-refractivity contribution in [2.24, 2.45) is 46.3 Å². The molecule has 23 heteroatoms. The van der Waals surface area contributed by atoms with Crippen molar-refractivity contribution in [3.8, 4) is 0 Å². The molecule has 4 aliphatic carbocycles.